The first-order chi connectivity index (χ1) is 9.24. The summed E-state index contributed by atoms with van der Waals surface area (Å²) in [5, 5.41) is 0. The monoisotopic (exact) mass is 262 g/mol. The van der Waals surface area contributed by atoms with Crippen LogP contribution in [-0.4, -0.2) is 13.1 Å². The van der Waals surface area contributed by atoms with Gasteiger partial charge in [-0.25, -0.2) is 0 Å². The highest BCUT2D eigenvalue weighted by Crippen LogP contribution is 2.17. The Morgan fingerprint density at radius 3 is 2.79 bits per heavy atom. The fourth-order valence-corrected chi connectivity index (χ4v) is 2.29. The third kappa shape index (κ3) is 7.00. The van der Waals surface area contributed by atoms with Crippen molar-refractivity contribution in [3.05, 3.63) is 36.0 Å². The number of rotatable bonds is 1. The molecular formula is C17H26O2. The second-order valence-corrected chi connectivity index (χ2v) is 5.19. The van der Waals surface area contributed by atoms with E-state index in [1.54, 1.807) is 0 Å². The standard InChI is InChI=1S/C17H26O2/c1-15-11-8-6-4-3-5-7-9-13-16(14-10-12-15)17(18)19-2/h3,5,7,9,12,16H,4,6,8,10-11,13-14H2,1-2H3. The van der Waals surface area contributed by atoms with Crippen molar-refractivity contribution in [1.29, 1.82) is 0 Å². The van der Waals surface area contributed by atoms with Crippen molar-refractivity contribution in [2.24, 2.45) is 5.92 Å². The highest BCUT2D eigenvalue weighted by atomic mass is 16.5. The Labute approximate surface area is 117 Å². The average molecular weight is 262 g/mol. The molecule has 0 radical (unpaired) electrons. The molecule has 0 saturated heterocycles. The number of hydrogen-bond acceptors (Lipinski definition) is 2. The van der Waals surface area contributed by atoms with Crippen LogP contribution in [0.5, 0.6) is 0 Å². The van der Waals surface area contributed by atoms with Crippen molar-refractivity contribution in [3.8, 4) is 0 Å². The van der Waals surface area contributed by atoms with E-state index in [0.717, 1.165) is 25.7 Å². The van der Waals surface area contributed by atoms with Gasteiger partial charge in [0.2, 0.25) is 0 Å². The quantitative estimate of drug-likeness (QED) is 0.511. The van der Waals surface area contributed by atoms with E-state index in [4.69, 9.17) is 4.74 Å². The summed E-state index contributed by atoms with van der Waals surface area (Å²) in [5.41, 5.74) is 1.44. The lowest BCUT2D eigenvalue weighted by atomic mass is 9.97. The summed E-state index contributed by atoms with van der Waals surface area (Å²) in [5.74, 6) is -0.103. The lowest BCUT2D eigenvalue weighted by Gasteiger charge is -2.11. The molecule has 0 amide bonds. The first-order valence-electron chi connectivity index (χ1n) is 7.29. The second kappa shape index (κ2) is 9.60. The number of esters is 1. The molecule has 0 aromatic heterocycles. The molecule has 1 aliphatic rings. The molecule has 1 atom stereocenters. The molecule has 0 heterocycles. The average Bonchev–Trinajstić information content (AvgIpc) is 2.42. The summed E-state index contributed by atoms with van der Waals surface area (Å²) in [4.78, 5) is 11.7. The van der Waals surface area contributed by atoms with E-state index in [9.17, 15) is 4.79 Å². The zero-order valence-electron chi connectivity index (χ0n) is 12.2. The van der Waals surface area contributed by atoms with E-state index < -0.39 is 0 Å². The van der Waals surface area contributed by atoms with Crippen LogP contribution in [0, 0.1) is 5.92 Å². The second-order valence-electron chi connectivity index (χ2n) is 5.19. The maximum Gasteiger partial charge on any atom is 0.308 e. The predicted molar refractivity (Wildman–Crippen MR) is 79.9 cm³/mol. The molecule has 106 valence electrons. The zero-order valence-corrected chi connectivity index (χ0v) is 12.2. The molecule has 1 unspecified atom stereocenters. The molecular weight excluding hydrogens is 236 g/mol. The molecule has 0 saturated carbocycles. The summed E-state index contributed by atoms with van der Waals surface area (Å²) < 4.78 is 4.87. The smallest absolute Gasteiger partial charge is 0.308 e. The molecule has 0 spiro atoms. The van der Waals surface area contributed by atoms with Gasteiger partial charge in [0.25, 0.3) is 0 Å². The largest absolute Gasteiger partial charge is 0.469 e. The van der Waals surface area contributed by atoms with Crippen LogP contribution >= 0.6 is 0 Å². The number of methoxy groups -OCH3 is 1. The number of ether oxygens (including phenoxy) is 1. The van der Waals surface area contributed by atoms with Gasteiger partial charge in [0.15, 0.2) is 0 Å². The molecule has 2 nitrogen and oxygen atoms in total. The predicted octanol–water partition coefficient (Wildman–Crippen LogP) is 4.58. The number of allylic oxidation sites excluding steroid dienone is 6. The molecule has 0 fully saturated rings. The lowest BCUT2D eigenvalue weighted by molar-refractivity contribution is -0.145. The van der Waals surface area contributed by atoms with Gasteiger partial charge in [-0.2, -0.15) is 0 Å². The van der Waals surface area contributed by atoms with Crippen LogP contribution in [0.15, 0.2) is 36.0 Å². The van der Waals surface area contributed by atoms with Gasteiger partial charge in [0.05, 0.1) is 13.0 Å². The summed E-state index contributed by atoms with van der Waals surface area (Å²) >= 11 is 0. The van der Waals surface area contributed by atoms with Crippen LogP contribution in [0.4, 0.5) is 0 Å². The molecule has 0 aromatic rings. The molecule has 0 aromatic carbocycles. The van der Waals surface area contributed by atoms with E-state index in [0.29, 0.717) is 0 Å². The Hall–Kier alpha value is -1.31. The molecule has 1 aliphatic carbocycles. The van der Waals surface area contributed by atoms with E-state index in [1.165, 1.54) is 31.9 Å². The van der Waals surface area contributed by atoms with Crippen LogP contribution in [0.25, 0.3) is 0 Å². The summed E-state index contributed by atoms with van der Waals surface area (Å²) in [6, 6.07) is 0. The minimum absolute atomic E-state index is 0.0124. The highest BCUT2D eigenvalue weighted by Gasteiger charge is 2.16. The zero-order chi connectivity index (χ0) is 13.9. The van der Waals surface area contributed by atoms with Crippen molar-refractivity contribution in [1.82, 2.24) is 0 Å². The summed E-state index contributed by atoms with van der Waals surface area (Å²) in [6.45, 7) is 2.19. The number of carbonyl (C=O) groups excluding carboxylic acids is 1. The Bertz CT molecular complexity index is 350. The third-order valence-corrected chi connectivity index (χ3v) is 3.54. The van der Waals surface area contributed by atoms with Gasteiger partial charge in [-0.1, -0.05) is 36.0 Å². The van der Waals surface area contributed by atoms with Gasteiger partial charge in [0, 0.05) is 0 Å². The van der Waals surface area contributed by atoms with E-state index >= 15 is 0 Å². The Balaban J connectivity index is 2.64. The molecule has 1 rings (SSSR count). The fourth-order valence-electron chi connectivity index (χ4n) is 2.29. The fraction of sp³-hybridized carbons (Fsp3) is 0.588. The molecule has 2 heteroatoms. The first-order valence-corrected chi connectivity index (χ1v) is 7.29. The van der Waals surface area contributed by atoms with E-state index in [1.807, 2.05) is 6.08 Å². The number of hydrogen-bond donors (Lipinski definition) is 0. The minimum Gasteiger partial charge on any atom is -0.469 e. The Kier molecular flexibility index (Phi) is 7.95. The van der Waals surface area contributed by atoms with Crippen LogP contribution in [0.1, 0.15) is 51.9 Å². The number of carbonyl (C=O) groups is 1. The Morgan fingerprint density at radius 2 is 2.00 bits per heavy atom. The van der Waals surface area contributed by atoms with Crippen molar-refractivity contribution in [2.75, 3.05) is 7.11 Å². The Morgan fingerprint density at radius 1 is 1.21 bits per heavy atom. The summed E-state index contributed by atoms with van der Waals surface area (Å²) in [6.07, 6.45) is 18.1. The minimum atomic E-state index is -0.0909. The third-order valence-electron chi connectivity index (χ3n) is 3.54. The van der Waals surface area contributed by atoms with Crippen molar-refractivity contribution in [3.63, 3.8) is 0 Å². The van der Waals surface area contributed by atoms with Gasteiger partial charge in [0.1, 0.15) is 0 Å². The topological polar surface area (TPSA) is 26.3 Å². The van der Waals surface area contributed by atoms with E-state index in [-0.39, 0.29) is 11.9 Å². The molecule has 0 bridgehead atoms. The first kappa shape index (κ1) is 15.7. The highest BCUT2D eigenvalue weighted by molar-refractivity contribution is 5.72. The molecule has 19 heavy (non-hydrogen) atoms. The maximum atomic E-state index is 11.7. The van der Waals surface area contributed by atoms with Crippen LogP contribution in [-0.2, 0) is 9.53 Å². The van der Waals surface area contributed by atoms with Crippen molar-refractivity contribution >= 4 is 5.97 Å². The maximum absolute atomic E-state index is 11.7. The molecule has 0 aliphatic heterocycles. The van der Waals surface area contributed by atoms with Gasteiger partial charge in [-0.15, -0.1) is 0 Å². The van der Waals surface area contributed by atoms with Gasteiger partial charge >= 0.3 is 5.97 Å². The van der Waals surface area contributed by atoms with Gasteiger partial charge in [-0.3, -0.25) is 4.79 Å². The van der Waals surface area contributed by atoms with Gasteiger partial charge < -0.3 is 4.74 Å². The summed E-state index contributed by atoms with van der Waals surface area (Å²) in [7, 11) is 1.47. The van der Waals surface area contributed by atoms with Gasteiger partial charge in [-0.05, 0) is 51.9 Å². The SMILES string of the molecule is COC(=O)C1CC=CC=CCCCCC(C)=CCC1. The molecule has 0 N–H and O–H groups in total. The normalized spacial score (nSPS) is 22.4. The van der Waals surface area contributed by atoms with Crippen LogP contribution < -0.4 is 0 Å². The lowest BCUT2D eigenvalue weighted by Crippen LogP contribution is -2.15. The van der Waals surface area contributed by atoms with Crippen LogP contribution in [0.2, 0.25) is 0 Å². The van der Waals surface area contributed by atoms with Crippen molar-refractivity contribution in [2.45, 2.75) is 51.9 Å². The van der Waals surface area contributed by atoms with Crippen LogP contribution in [0.3, 0.4) is 0 Å². The van der Waals surface area contributed by atoms with Crippen molar-refractivity contribution < 1.29 is 9.53 Å². The van der Waals surface area contributed by atoms with E-state index in [2.05, 4.69) is 31.2 Å².